The van der Waals surface area contributed by atoms with E-state index in [1.165, 1.54) is 5.56 Å². The van der Waals surface area contributed by atoms with Gasteiger partial charge in [0.05, 0.1) is 0 Å². The third-order valence-electron chi connectivity index (χ3n) is 3.48. The summed E-state index contributed by atoms with van der Waals surface area (Å²) < 4.78 is 0. The van der Waals surface area contributed by atoms with Gasteiger partial charge in [-0.1, -0.05) is 58.9 Å². The van der Waals surface area contributed by atoms with Crippen LogP contribution in [0.2, 0.25) is 0 Å². The number of aromatic nitrogens is 4. The van der Waals surface area contributed by atoms with Crippen molar-refractivity contribution in [2.24, 2.45) is 5.41 Å². The van der Waals surface area contributed by atoms with Gasteiger partial charge in [0, 0.05) is 5.56 Å². The lowest BCUT2D eigenvalue weighted by Gasteiger charge is -2.33. The molecule has 0 amide bonds. The zero-order valence-electron chi connectivity index (χ0n) is 13.8. The van der Waals surface area contributed by atoms with E-state index in [4.69, 9.17) is 0 Å². The lowest BCUT2D eigenvalue weighted by molar-refractivity contribution is 0.284. The molecule has 1 aromatic carbocycles. The fourth-order valence-electron chi connectivity index (χ4n) is 2.89. The van der Waals surface area contributed by atoms with Crippen molar-refractivity contribution in [3.8, 4) is 11.4 Å². The summed E-state index contributed by atoms with van der Waals surface area (Å²) in [5, 5.41) is 16.1. The number of hydrogen-bond acceptors (Lipinski definition) is 4. The molecule has 0 fully saturated rings. The van der Waals surface area contributed by atoms with E-state index in [9.17, 15) is 0 Å². The van der Waals surface area contributed by atoms with Gasteiger partial charge >= 0.3 is 0 Å². The Morgan fingerprint density at radius 1 is 0.810 bits per heavy atom. The molecule has 2 rings (SSSR count). The van der Waals surface area contributed by atoms with Crippen LogP contribution in [-0.2, 0) is 5.41 Å². The standard InChI is InChI=1S/C17H24N4/c1-12-18-20-15(21-19-12)13-7-9-14(10-8-13)17(5,6)11-16(2,3)4/h7-10H,11H2,1-6H3. The fourth-order valence-corrected chi connectivity index (χ4v) is 2.89. The molecule has 0 saturated carbocycles. The van der Waals surface area contributed by atoms with Gasteiger partial charge < -0.3 is 0 Å². The molecule has 4 nitrogen and oxygen atoms in total. The van der Waals surface area contributed by atoms with Gasteiger partial charge in [-0.25, -0.2) is 0 Å². The molecule has 1 heterocycles. The summed E-state index contributed by atoms with van der Waals surface area (Å²) in [6.45, 7) is 13.2. The molecule has 21 heavy (non-hydrogen) atoms. The molecule has 112 valence electrons. The van der Waals surface area contributed by atoms with Crippen molar-refractivity contribution in [3.05, 3.63) is 35.7 Å². The van der Waals surface area contributed by atoms with Crippen LogP contribution in [0.3, 0.4) is 0 Å². The molecule has 0 aliphatic carbocycles. The minimum Gasteiger partial charge on any atom is -0.131 e. The molecule has 0 aliphatic heterocycles. The third kappa shape index (κ3) is 4.06. The maximum Gasteiger partial charge on any atom is 0.203 e. The Morgan fingerprint density at radius 2 is 1.33 bits per heavy atom. The van der Waals surface area contributed by atoms with Gasteiger partial charge in [-0.15, -0.1) is 20.4 Å². The second-order valence-electron chi connectivity index (χ2n) is 7.47. The van der Waals surface area contributed by atoms with E-state index in [2.05, 4.69) is 67.1 Å². The van der Waals surface area contributed by atoms with Crippen molar-refractivity contribution in [3.63, 3.8) is 0 Å². The summed E-state index contributed by atoms with van der Waals surface area (Å²) in [6.07, 6.45) is 1.13. The fraction of sp³-hybridized carbons (Fsp3) is 0.529. The monoisotopic (exact) mass is 284 g/mol. The predicted molar refractivity (Wildman–Crippen MR) is 84.9 cm³/mol. The Kier molecular flexibility index (Phi) is 4.08. The molecule has 0 atom stereocenters. The SMILES string of the molecule is Cc1nnc(-c2ccc(C(C)(C)CC(C)(C)C)cc2)nn1. The first-order chi connectivity index (χ1) is 9.67. The van der Waals surface area contributed by atoms with Gasteiger partial charge in [-0.3, -0.25) is 0 Å². The summed E-state index contributed by atoms with van der Waals surface area (Å²) in [6, 6.07) is 8.41. The number of benzene rings is 1. The molecule has 0 unspecified atom stereocenters. The minimum absolute atomic E-state index is 0.140. The Morgan fingerprint density at radius 3 is 1.81 bits per heavy atom. The topological polar surface area (TPSA) is 51.6 Å². The second kappa shape index (κ2) is 5.51. The highest BCUT2D eigenvalue weighted by Crippen LogP contribution is 2.36. The first-order valence-electron chi connectivity index (χ1n) is 7.32. The zero-order chi connectivity index (χ0) is 15.7. The van der Waals surface area contributed by atoms with Crippen LogP contribution in [0.25, 0.3) is 11.4 Å². The quantitative estimate of drug-likeness (QED) is 0.856. The summed E-state index contributed by atoms with van der Waals surface area (Å²) >= 11 is 0. The van der Waals surface area contributed by atoms with E-state index in [1.54, 1.807) is 6.92 Å². The molecule has 2 aromatic rings. The van der Waals surface area contributed by atoms with Crippen LogP contribution in [0.15, 0.2) is 24.3 Å². The maximum absolute atomic E-state index is 4.08. The molecule has 1 aromatic heterocycles. The summed E-state index contributed by atoms with van der Waals surface area (Å²) in [5.74, 6) is 1.16. The van der Waals surface area contributed by atoms with Crippen molar-refractivity contribution < 1.29 is 0 Å². The van der Waals surface area contributed by atoms with Crippen molar-refractivity contribution in [1.29, 1.82) is 0 Å². The van der Waals surface area contributed by atoms with E-state index in [0.29, 0.717) is 17.1 Å². The summed E-state index contributed by atoms with van der Waals surface area (Å²) in [7, 11) is 0. The largest absolute Gasteiger partial charge is 0.203 e. The first kappa shape index (κ1) is 15.5. The van der Waals surface area contributed by atoms with Crippen LogP contribution in [0.4, 0.5) is 0 Å². The molecule has 0 spiro atoms. The molecule has 0 saturated heterocycles. The van der Waals surface area contributed by atoms with Gasteiger partial charge in [-0.05, 0) is 29.7 Å². The second-order valence-corrected chi connectivity index (χ2v) is 7.47. The highest BCUT2D eigenvalue weighted by atomic mass is 15.3. The van der Waals surface area contributed by atoms with Crippen LogP contribution < -0.4 is 0 Å². The number of nitrogens with zero attached hydrogens (tertiary/aromatic N) is 4. The number of aryl methyl sites for hydroxylation is 1. The lowest BCUT2D eigenvalue weighted by atomic mass is 9.72. The Bertz CT molecular complexity index is 592. The molecule has 4 heteroatoms. The van der Waals surface area contributed by atoms with E-state index >= 15 is 0 Å². The van der Waals surface area contributed by atoms with E-state index in [-0.39, 0.29) is 5.41 Å². The molecule has 0 bridgehead atoms. The van der Waals surface area contributed by atoms with E-state index in [0.717, 1.165) is 12.0 Å². The van der Waals surface area contributed by atoms with Crippen LogP contribution in [-0.4, -0.2) is 20.4 Å². The number of rotatable bonds is 3. The van der Waals surface area contributed by atoms with Gasteiger partial charge in [-0.2, -0.15) is 0 Å². The minimum atomic E-state index is 0.140. The average molecular weight is 284 g/mol. The van der Waals surface area contributed by atoms with Crippen molar-refractivity contribution >= 4 is 0 Å². The van der Waals surface area contributed by atoms with Gasteiger partial charge in [0.25, 0.3) is 0 Å². The number of hydrogen-bond donors (Lipinski definition) is 0. The normalized spacial score (nSPS) is 12.5. The highest BCUT2D eigenvalue weighted by Gasteiger charge is 2.27. The molecular weight excluding hydrogens is 260 g/mol. The summed E-state index contributed by atoms with van der Waals surface area (Å²) in [4.78, 5) is 0. The van der Waals surface area contributed by atoms with Crippen molar-refractivity contribution in [2.45, 2.75) is 53.4 Å². The van der Waals surface area contributed by atoms with Gasteiger partial charge in [0.1, 0.15) is 0 Å². The molecule has 0 radical (unpaired) electrons. The third-order valence-corrected chi connectivity index (χ3v) is 3.48. The van der Waals surface area contributed by atoms with Crippen molar-refractivity contribution in [1.82, 2.24) is 20.4 Å². The highest BCUT2D eigenvalue weighted by molar-refractivity contribution is 5.54. The molecule has 0 N–H and O–H groups in total. The van der Waals surface area contributed by atoms with E-state index < -0.39 is 0 Å². The first-order valence-corrected chi connectivity index (χ1v) is 7.32. The Hall–Kier alpha value is -1.84. The van der Waals surface area contributed by atoms with Crippen LogP contribution in [0.5, 0.6) is 0 Å². The maximum atomic E-state index is 4.08. The molecular formula is C17H24N4. The Balaban J connectivity index is 2.24. The molecule has 0 aliphatic rings. The average Bonchev–Trinajstić information content (AvgIpc) is 2.37. The predicted octanol–water partition coefficient (Wildman–Crippen LogP) is 3.96. The van der Waals surface area contributed by atoms with E-state index in [1.807, 2.05) is 12.1 Å². The smallest absolute Gasteiger partial charge is 0.131 e. The summed E-state index contributed by atoms with van der Waals surface area (Å²) in [5.41, 5.74) is 2.72. The van der Waals surface area contributed by atoms with Crippen LogP contribution in [0.1, 0.15) is 52.4 Å². The lowest BCUT2D eigenvalue weighted by Crippen LogP contribution is -2.24. The Labute approximate surface area is 127 Å². The van der Waals surface area contributed by atoms with Crippen molar-refractivity contribution in [2.75, 3.05) is 0 Å². The zero-order valence-corrected chi connectivity index (χ0v) is 13.8. The van der Waals surface area contributed by atoms with Gasteiger partial charge in [0.2, 0.25) is 5.82 Å². The van der Waals surface area contributed by atoms with Crippen LogP contribution in [0, 0.1) is 12.3 Å². The van der Waals surface area contributed by atoms with Crippen LogP contribution >= 0.6 is 0 Å². The van der Waals surface area contributed by atoms with Gasteiger partial charge in [0.15, 0.2) is 5.82 Å².